The number of carbonyl (C=O) groups is 2. The summed E-state index contributed by atoms with van der Waals surface area (Å²) in [5.74, 6) is -0.651. The number of nitrogens with one attached hydrogen (secondary N) is 1. The third-order valence-corrected chi connectivity index (χ3v) is 6.52. The number of rotatable bonds is 6. The number of hydrogen-bond acceptors (Lipinski definition) is 5. The van der Waals surface area contributed by atoms with Crippen LogP contribution >= 0.6 is 0 Å². The van der Waals surface area contributed by atoms with E-state index in [9.17, 15) is 19.1 Å². The maximum Gasteiger partial charge on any atom is 0.321 e. The highest BCUT2D eigenvalue weighted by atomic mass is 19.1. The van der Waals surface area contributed by atoms with Gasteiger partial charge in [-0.3, -0.25) is 4.79 Å². The highest BCUT2D eigenvalue weighted by Gasteiger charge is 2.34. The monoisotopic (exact) mass is 506 g/mol. The predicted octanol–water partition coefficient (Wildman–Crippen LogP) is 4.27. The molecule has 3 atom stereocenters. The minimum Gasteiger partial charge on any atom is -0.472 e. The molecule has 194 valence electrons. The zero-order chi connectivity index (χ0) is 26.5. The Morgan fingerprint density at radius 2 is 1.92 bits per heavy atom. The van der Waals surface area contributed by atoms with E-state index < -0.39 is 12.1 Å². The molecule has 0 saturated carbocycles. The van der Waals surface area contributed by atoms with Crippen molar-refractivity contribution in [1.82, 2.24) is 14.8 Å². The fourth-order valence-electron chi connectivity index (χ4n) is 4.21. The minimum atomic E-state index is -0.487. The molecule has 0 spiro atoms. The molecule has 0 radical (unpaired) electrons. The number of fused-ring (bicyclic) bond motifs is 1. The van der Waals surface area contributed by atoms with Crippen molar-refractivity contribution < 1.29 is 23.8 Å². The summed E-state index contributed by atoms with van der Waals surface area (Å²) in [6, 6.07) is 16.1. The molecule has 2 aromatic carbocycles. The number of urea groups is 1. The van der Waals surface area contributed by atoms with Crippen molar-refractivity contribution in [3.8, 4) is 17.0 Å². The van der Waals surface area contributed by atoms with E-state index in [-0.39, 0.29) is 42.7 Å². The molecule has 9 heteroatoms. The molecule has 37 heavy (non-hydrogen) atoms. The molecular formula is C28H31FN4O4. The standard InChI is InChI=1S/C28H31FN4O4/c1-18-15-33(19(2)17-34)27(35)24-13-21(20-7-5-4-6-8-20)14-30-26(24)37-25(18)16-32(3)28(36)31-23-11-9-22(29)10-12-23/h4-14,18-19,25,34H,15-17H2,1-3H3,(H,31,36)/t18-,19?,25-/m0/s1. The molecular weight excluding hydrogens is 475 g/mol. The van der Waals surface area contributed by atoms with Crippen LogP contribution in [0.4, 0.5) is 14.9 Å². The average molecular weight is 507 g/mol. The maximum absolute atomic E-state index is 13.6. The first kappa shape index (κ1) is 26.1. The van der Waals surface area contributed by atoms with Gasteiger partial charge in [0, 0.05) is 37.0 Å². The second-order valence-corrected chi connectivity index (χ2v) is 9.38. The van der Waals surface area contributed by atoms with Gasteiger partial charge in [-0.15, -0.1) is 0 Å². The first-order valence-electron chi connectivity index (χ1n) is 12.2. The SMILES string of the molecule is CC(CO)N1C[C@H](C)[C@H](CN(C)C(=O)Nc2ccc(F)cc2)Oc2ncc(-c3ccccc3)cc2C1=O. The van der Waals surface area contributed by atoms with E-state index >= 15 is 0 Å². The second-order valence-electron chi connectivity index (χ2n) is 9.38. The number of halogens is 1. The van der Waals surface area contributed by atoms with E-state index in [4.69, 9.17) is 4.74 Å². The van der Waals surface area contributed by atoms with Gasteiger partial charge in [0.1, 0.15) is 17.5 Å². The number of anilines is 1. The Morgan fingerprint density at radius 3 is 2.59 bits per heavy atom. The van der Waals surface area contributed by atoms with Gasteiger partial charge >= 0.3 is 6.03 Å². The number of nitrogens with zero attached hydrogens (tertiary/aromatic N) is 3. The number of amides is 3. The number of likely N-dealkylation sites (N-methyl/N-ethyl adjacent to an activating group) is 1. The molecule has 2 N–H and O–H groups in total. The molecule has 8 nitrogen and oxygen atoms in total. The Labute approximate surface area is 215 Å². The quantitative estimate of drug-likeness (QED) is 0.521. The summed E-state index contributed by atoms with van der Waals surface area (Å²) in [4.78, 5) is 34.0. The van der Waals surface area contributed by atoms with Gasteiger partial charge in [0.25, 0.3) is 5.91 Å². The lowest BCUT2D eigenvalue weighted by molar-refractivity contribution is 0.0356. The van der Waals surface area contributed by atoms with Crippen molar-refractivity contribution in [2.75, 3.05) is 32.1 Å². The van der Waals surface area contributed by atoms with Crippen molar-refractivity contribution in [2.24, 2.45) is 5.92 Å². The molecule has 0 bridgehead atoms. The first-order valence-corrected chi connectivity index (χ1v) is 12.2. The van der Waals surface area contributed by atoms with Gasteiger partial charge in [-0.25, -0.2) is 14.2 Å². The van der Waals surface area contributed by atoms with Crippen molar-refractivity contribution >= 4 is 17.6 Å². The van der Waals surface area contributed by atoms with Crippen molar-refractivity contribution in [2.45, 2.75) is 26.0 Å². The van der Waals surface area contributed by atoms with Crippen LogP contribution in [0.5, 0.6) is 5.88 Å². The number of hydrogen-bond donors (Lipinski definition) is 2. The largest absolute Gasteiger partial charge is 0.472 e. The molecule has 1 aliphatic rings. The zero-order valence-corrected chi connectivity index (χ0v) is 21.1. The van der Waals surface area contributed by atoms with E-state index in [0.717, 1.165) is 11.1 Å². The summed E-state index contributed by atoms with van der Waals surface area (Å²) in [5, 5.41) is 12.6. The number of aromatic nitrogens is 1. The van der Waals surface area contributed by atoms with Gasteiger partial charge in [-0.1, -0.05) is 37.3 Å². The van der Waals surface area contributed by atoms with Crippen LogP contribution in [0.15, 0.2) is 66.9 Å². The molecule has 4 rings (SSSR count). The van der Waals surface area contributed by atoms with Crippen LogP contribution in [0, 0.1) is 11.7 Å². The van der Waals surface area contributed by atoms with E-state index in [0.29, 0.717) is 17.8 Å². The number of carbonyl (C=O) groups excluding carboxylic acids is 2. The lowest BCUT2D eigenvalue weighted by Gasteiger charge is -2.37. The van der Waals surface area contributed by atoms with Crippen LogP contribution in [-0.4, -0.2) is 70.7 Å². The minimum absolute atomic E-state index is 0.178. The van der Waals surface area contributed by atoms with Crippen molar-refractivity contribution in [3.63, 3.8) is 0 Å². The van der Waals surface area contributed by atoms with E-state index in [1.807, 2.05) is 37.3 Å². The average Bonchev–Trinajstić information content (AvgIpc) is 2.91. The third-order valence-electron chi connectivity index (χ3n) is 6.52. The van der Waals surface area contributed by atoms with Gasteiger partial charge < -0.3 is 25.0 Å². The third kappa shape index (κ3) is 6.06. The molecule has 1 unspecified atom stereocenters. The zero-order valence-electron chi connectivity index (χ0n) is 21.1. The van der Waals surface area contributed by atoms with Gasteiger partial charge in [0.15, 0.2) is 0 Å². The van der Waals surface area contributed by atoms with Gasteiger partial charge in [0.2, 0.25) is 5.88 Å². The summed E-state index contributed by atoms with van der Waals surface area (Å²) < 4.78 is 19.5. The number of ether oxygens (including phenoxy) is 1. The summed E-state index contributed by atoms with van der Waals surface area (Å²) in [6.07, 6.45) is 1.18. The van der Waals surface area contributed by atoms with E-state index in [1.54, 1.807) is 31.1 Å². The van der Waals surface area contributed by atoms with Gasteiger partial charge in [-0.2, -0.15) is 0 Å². The lowest BCUT2D eigenvalue weighted by atomic mass is 9.99. The number of pyridine rings is 1. The summed E-state index contributed by atoms with van der Waals surface area (Å²) >= 11 is 0. The van der Waals surface area contributed by atoms with Crippen LogP contribution in [-0.2, 0) is 0 Å². The van der Waals surface area contributed by atoms with E-state index in [1.165, 1.54) is 29.2 Å². The topological polar surface area (TPSA) is 95.0 Å². The number of benzene rings is 2. The highest BCUT2D eigenvalue weighted by molar-refractivity contribution is 5.98. The number of aliphatic hydroxyl groups is 1. The predicted molar refractivity (Wildman–Crippen MR) is 139 cm³/mol. The molecule has 3 aromatic rings. The van der Waals surface area contributed by atoms with Crippen molar-refractivity contribution in [3.05, 3.63) is 78.2 Å². The Kier molecular flexibility index (Phi) is 8.03. The fourth-order valence-corrected chi connectivity index (χ4v) is 4.21. The second kappa shape index (κ2) is 11.4. The molecule has 2 heterocycles. The molecule has 0 saturated heterocycles. The molecule has 0 aliphatic carbocycles. The first-order chi connectivity index (χ1) is 17.8. The summed E-state index contributed by atoms with van der Waals surface area (Å²) in [7, 11) is 1.64. The van der Waals surface area contributed by atoms with E-state index in [2.05, 4.69) is 10.3 Å². The Hall–Kier alpha value is -3.98. The van der Waals surface area contributed by atoms with Crippen LogP contribution in [0.3, 0.4) is 0 Å². The van der Waals surface area contributed by atoms with Gasteiger partial charge in [0.05, 0.1) is 19.2 Å². The number of aliphatic hydroxyl groups excluding tert-OH is 1. The Balaban J connectivity index is 1.61. The molecule has 1 aromatic heterocycles. The summed E-state index contributed by atoms with van der Waals surface area (Å²) in [6.45, 7) is 4.08. The Bertz CT molecular complexity index is 1240. The van der Waals surface area contributed by atoms with Crippen LogP contribution in [0.25, 0.3) is 11.1 Å². The summed E-state index contributed by atoms with van der Waals surface area (Å²) in [5.41, 5.74) is 2.46. The molecule has 3 amide bonds. The van der Waals surface area contributed by atoms with Crippen LogP contribution in [0.1, 0.15) is 24.2 Å². The smallest absolute Gasteiger partial charge is 0.321 e. The maximum atomic E-state index is 13.6. The Morgan fingerprint density at radius 1 is 1.22 bits per heavy atom. The molecule has 1 aliphatic heterocycles. The highest BCUT2D eigenvalue weighted by Crippen LogP contribution is 2.30. The molecule has 0 fully saturated rings. The normalized spacial score (nSPS) is 18.2. The van der Waals surface area contributed by atoms with Crippen LogP contribution < -0.4 is 10.1 Å². The van der Waals surface area contributed by atoms with Crippen molar-refractivity contribution in [1.29, 1.82) is 0 Å². The van der Waals surface area contributed by atoms with Crippen LogP contribution in [0.2, 0.25) is 0 Å². The van der Waals surface area contributed by atoms with Gasteiger partial charge in [-0.05, 0) is 42.8 Å². The lowest BCUT2D eigenvalue weighted by Crippen LogP contribution is -2.50. The fraction of sp³-hybridized carbons (Fsp3) is 0.321.